The number of hydrogen-bond donors (Lipinski definition) is 2. The van der Waals surface area contributed by atoms with Crippen molar-refractivity contribution < 1.29 is 19.4 Å². The van der Waals surface area contributed by atoms with Gasteiger partial charge in [-0.3, -0.25) is 4.79 Å². The second-order valence-electron chi connectivity index (χ2n) is 7.15. The highest BCUT2D eigenvalue weighted by Crippen LogP contribution is 2.29. The third-order valence-electron chi connectivity index (χ3n) is 4.81. The van der Waals surface area contributed by atoms with Crippen molar-refractivity contribution in [2.24, 2.45) is 0 Å². The molecule has 0 saturated heterocycles. The predicted molar refractivity (Wildman–Crippen MR) is 118 cm³/mol. The van der Waals surface area contributed by atoms with Gasteiger partial charge in [0.15, 0.2) is 0 Å². The summed E-state index contributed by atoms with van der Waals surface area (Å²) < 4.78 is 10.5. The lowest BCUT2D eigenvalue weighted by Crippen LogP contribution is -2.28. The Morgan fingerprint density at radius 1 is 1.13 bits per heavy atom. The fourth-order valence-corrected chi connectivity index (χ4v) is 3.82. The first-order valence-corrected chi connectivity index (χ1v) is 10.5. The monoisotopic (exact) mass is 426 g/mol. The first-order chi connectivity index (χ1) is 14.4. The maximum atomic E-state index is 12.5. The van der Waals surface area contributed by atoms with Crippen molar-refractivity contribution in [3.63, 3.8) is 0 Å². The summed E-state index contributed by atoms with van der Waals surface area (Å²) in [6.45, 7) is 4.32. The summed E-state index contributed by atoms with van der Waals surface area (Å²) in [6.07, 6.45) is -0.944. The molecule has 6 nitrogen and oxygen atoms in total. The number of aromatic nitrogens is 1. The fourth-order valence-electron chi connectivity index (χ4n) is 3.01. The van der Waals surface area contributed by atoms with Gasteiger partial charge in [-0.05, 0) is 29.7 Å². The van der Waals surface area contributed by atoms with E-state index in [9.17, 15) is 9.90 Å². The van der Waals surface area contributed by atoms with E-state index in [0.29, 0.717) is 28.7 Å². The molecule has 1 heterocycles. The lowest BCUT2D eigenvalue weighted by molar-refractivity contribution is 0.0910. The SMILES string of the molecule is COc1ccc(OC)c(C(O)CNC(=O)c2csc(-c3ccc(C(C)C)cc3)n2)c1. The zero-order valence-electron chi connectivity index (χ0n) is 17.5. The number of aliphatic hydroxyl groups is 1. The van der Waals surface area contributed by atoms with E-state index in [0.717, 1.165) is 10.6 Å². The summed E-state index contributed by atoms with van der Waals surface area (Å²) in [4.78, 5) is 17.0. The molecule has 0 fully saturated rings. The number of hydrogen-bond acceptors (Lipinski definition) is 6. The summed E-state index contributed by atoms with van der Waals surface area (Å²) in [7, 11) is 3.08. The van der Waals surface area contributed by atoms with Gasteiger partial charge in [0.05, 0.1) is 14.2 Å². The average Bonchev–Trinajstić information content (AvgIpc) is 3.27. The molecular formula is C23H26N2O4S. The summed E-state index contributed by atoms with van der Waals surface area (Å²) in [5.41, 5.74) is 3.11. The summed E-state index contributed by atoms with van der Waals surface area (Å²) >= 11 is 1.42. The Morgan fingerprint density at radius 3 is 2.50 bits per heavy atom. The van der Waals surface area contributed by atoms with Crippen LogP contribution in [0.3, 0.4) is 0 Å². The number of rotatable bonds is 8. The number of ether oxygens (including phenoxy) is 2. The van der Waals surface area contributed by atoms with Crippen LogP contribution < -0.4 is 14.8 Å². The molecule has 0 spiro atoms. The van der Waals surface area contributed by atoms with Gasteiger partial charge in [0.25, 0.3) is 5.91 Å². The Kier molecular flexibility index (Phi) is 7.07. The minimum atomic E-state index is -0.944. The molecule has 0 aliphatic rings. The Bertz CT molecular complexity index is 999. The Labute approximate surface area is 180 Å². The van der Waals surface area contributed by atoms with Crippen LogP contribution in [0.15, 0.2) is 47.8 Å². The molecule has 0 aliphatic heterocycles. The van der Waals surface area contributed by atoms with Gasteiger partial charge in [-0.15, -0.1) is 11.3 Å². The fraction of sp³-hybridized carbons (Fsp3) is 0.304. The van der Waals surface area contributed by atoms with Crippen molar-refractivity contribution in [3.05, 3.63) is 64.7 Å². The molecule has 0 bridgehead atoms. The first kappa shape index (κ1) is 21.8. The molecule has 1 aromatic heterocycles. The lowest BCUT2D eigenvalue weighted by atomic mass is 10.0. The quantitative estimate of drug-likeness (QED) is 0.558. The van der Waals surface area contributed by atoms with Gasteiger partial charge < -0.3 is 19.9 Å². The van der Waals surface area contributed by atoms with Gasteiger partial charge in [0.1, 0.15) is 28.3 Å². The third kappa shape index (κ3) is 4.98. The van der Waals surface area contributed by atoms with Crippen LogP contribution >= 0.6 is 11.3 Å². The minimum Gasteiger partial charge on any atom is -0.497 e. The highest BCUT2D eigenvalue weighted by molar-refractivity contribution is 7.13. The Hall–Kier alpha value is -2.90. The lowest BCUT2D eigenvalue weighted by Gasteiger charge is -2.16. The zero-order valence-corrected chi connectivity index (χ0v) is 18.3. The van der Waals surface area contributed by atoms with Gasteiger partial charge >= 0.3 is 0 Å². The van der Waals surface area contributed by atoms with Crippen molar-refractivity contribution >= 4 is 17.2 Å². The molecule has 30 heavy (non-hydrogen) atoms. The van der Waals surface area contributed by atoms with Crippen molar-refractivity contribution in [3.8, 4) is 22.1 Å². The minimum absolute atomic E-state index is 0.0261. The standard InChI is InChI=1S/C23H26N2O4S/c1-14(2)15-5-7-16(8-6-15)23-25-19(13-30-23)22(27)24-12-20(26)18-11-17(28-3)9-10-21(18)29-4/h5-11,13-14,20,26H,12H2,1-4H3,(H,24,27). The van der Waals surface area contributed by atoms with E-state index in [2.05, 4.69) is 36.3 Å². The van der Waals surface area contributed by atoms with Gasteiger partial charge in [0.2, 0.25) is 0 Å². The highest BCUT2D eigenvalue weighted by Gasteiger charge is 2.18. The van der Waals surface area contributed by atoms with Gasteiger partial charge in [0, 0.05) is 23.1 Å². The smallest absolute Gasteiger partial charge is 0.270 e. The molecule has 158 valence electrons. The van der Waals surface area contributed by atoms with E-state index in [4.69, 9.17) is 9.47 Å². The number of nitrogens with one attached hydrogen (secondary N) is 1. The average molecular weight is 427 g/mol. The predicted octanol–water partition coefficient (Wildman–Crippen LogP) is 4.41. The third-order valence-corrected chi connectivity index (χ3v) is 5.70. The summed E-state index contributed by atoms with van der Waals surface area (Å²) in [5.74, 6) is 1.26. The van der Waals surface area contributed by atoms with Crippen molar-refractivity contribution in [2.45, 2.75) is 25.9 Å². The van der Waals surface area contributed by atoms with Crippen LogP contribution in [0.5, 0.6) is 11.5 Å². The van der Waals surface area contributed by atoms with E-state index in [1.165, 1.54) is 24.0 Å². The number of thiazole rings is 1. The van der Waals surface area contributed by atoms with Crippen LogP contribution in [0.4, 0.5) is 0 Å². The number of carbonyl (C=O) groups is 1. The Morgan fingerprint density at radius 2 is 1.87 bits per heavy atom. The summed E-state index contributed by atoms with van der Waals surface area (Å²) in [5, 5.41) is 15.8. The molecule has 2 aromatic carbocycles. The second kappa shape index (κ2) is 9.73. The van der Waals surface area contributed by atoms with Gasteiger partial charge in [-0.1, -0.05) is 38.1 Å². The van der Waals surface area contributed by atoms with Crippen LogP contribution in [0.2, 0.25) is 0 Å². The summed E-state index contributed by atoms with van der Waals surface area (Å²) in [6, 6.07) is 13.4. The van der Waals surface area contributed by atoms with Gasteiger partial charge in [-0.2, -0.15) is 0 Å². The largest absolute Gasteiger partial charge is 0.497 e. The van der Waals surface area contributed by atoms with E-state index in [-0.39, 0.29) is 12.5 Å². The zero-order chi connectivity index (χ0) is 21.7. The van der Waals surface area contributed by atoms with E-state index >= 15 is 0 Å². The highest BCUT2D eigenvalue weighted by atomic mass is 32.1. The van der Waals surface area contributed by atoms with Crippen LogP contribution in [0.1, 0.15) is 47.5 Å². The number of aliphatic hydroxyl groups excluding tert-OH is 1. The van der Waals surface area contributed by atoms with Gasteiger partial charge in [-0.25, -0.2) is 4.98 Å². The van der Waals surface area contributed by atoms with Crippen molar-refractivity contribution in [1.82, 2.24) is 10.3 Å². The first-order valence-electron chi connectivity index (χ1n) is 9.67. The molecular weight excluding hydrogens is 400 g/mol. The maximum absolute atomic E-state index is 12.5. The van der Waals surface area contributed by atoms with E-state index in [1.807, 2.05) is 12.1 Å². The molecule has 1 amide bonds. The van der Waals surface area contributed by atoms with Crippen molar-refractivity contribution in [2.75, 3.05) is 20.8 Å². The molecule has 0 aliphatic carbocycles. The van der Waals surface area contributed by atoms with Crippen LogP contribution in [0.25, 0.3) is 10.6 Å². The molecule has 1 unspecified atom stereocenters. The van der Waals surface area contributed by atoms with E-state index < -0.39 is 6.10 Å². The number of carbonyl (C=O) groups excluding carboxylic acids is 1. The molecule has 2 N–H and O–H groups in total. The molecule has 0 radical (unpaired) electrons. The molecule has 0 saturated carbocycles. The van der Waals surface area contributed by atoms with Crippen LogP contribution in [-0.2, 0) is 0 Å². The molecule has 7 heteroatoms. The number of methoxy groups -OCH3 is 2. The molecule has 3 aromatic rings. The van der Waals surface area contributed by atoms with E-state index in [1.54, 1.807) is 30.7 Å². The maximum Gasteiger partial charge on any atom is 0.270 e. The number of nitrogens with zero attached hydrogens (tertiary/aromatic N) is 1. The van der Waals surface area contributed by atoms with Crippen LogP contribution in [-0.4, -0.2) is 36.8 Å². The molecule has 1 atom stereocenters. The van der Waals surface area contributed by atoms with Crippen molar-refractivity contribution in [1.29, 1.82) is 0 Å². The normalized spacial score (nSPS) is 11.9. The molecule has 3 rings (SSSR count). The topological polar surface area (TPSA) is 80.7 Å². The van der Waals surface area contributed by atoms with Crippen LogP contribution in [0, 0.1) is 0 Å². The second-order valence-corrected chi connectivity index (χ2v) is 8.01. The number of benzene rings is 2. The number of amides is 1. The Balaban J connectivity index is 1.66.